The fraction of sp³-hybridized carbons (Fsp3) is 1.00. The van der Waals surface area contributed by atoms with Gasteiger partial charge in [-0.3, -0.25) is 4.90 Å². The predicted molar refractivity (Wildman–Crippen MR) is 69.2 cm³/mol. The summed E-state index contributed by atoms with van der Waals surface area (Å²) in [6, 6.07) is 0.329. The lowest BCUT2D eigenvalue weighted by molar-refractivity contribution is -0.148. The average molecular weight is 282 g/mol. The van der Waals surface area contributed by atoms with Gasteiger partial charge in [0, 0.05) is 31.2 Å². The number of hydrogen-bond donors (Lipinski definition) is 1. The zero-order chi connectivity index (χ0) is 14.5. The molecule has 0 saturated carbocycles. The second kappa shape index (κ2) is 6.90. The van der Waals surface area contributed by atoms with E-state index in [1.54, 1.807) is 6.92 Å². The summed E-state index contributed by atoms with van der Waals surface area (Å²) < 4.78 is 43.0. The van der Waals surface area contributed by atoms with Gasteiger partial charge >= 0.3 is 6.18 Å². The van der Waals surface area contributed by atoms with E-state index in [0.29, 0.717) is 38.9 Å². The van der Waals surface area contributed by atoms with E-state index in [1.807, 2.05) is 13.8 Å². The molecular weight excluding hydrogens is 257 g/mol. The second-order valence-electron chi connectivity index (χ2n) is 5.76. The number of hydrogen-bond acceptors (Lipinski definition) is 3. The Hall–Kier alpha value is -0.330. The third-order valence-corrected chi connectivity index (χ3v) is 3.48. The molecule has 19 heavy (non-hydrogen) atoms. The highest BCUT2D eigenvalue weighted by Crippen LogP contribution is 2.30. The molecule has 1 N–H and O–H groups in total. The minimum absolute atomic E-state index is 0.189. The Morgan fingerprint density at radius 3 is 2.47 bits per heavy atom. The van der Waals surface area contributed by atoms with Gasteiger partial charge in [-0.15, -0.1) is 0 Å². The molecule has 1 heterocycles. The van der Waals surface area contributed by atoms with Crippen molar-refractivity contribution in [3.05, 3.63) is 0 Å². The fourth-order valence-corrected chi connectivity index (χ4v) is 2.40. The first-order valence-electron chi connectivity index (χ1n) is 6.86. The van der Waals surface area contributed by atoms with Gasteiger partial charge in [-0.1, -0.05) is 20.8 Å². The van der Waals surface area contributed by atoms with Gasteiger partial charge in [-0.05, 0) is 13.0 Å². The number of ether oxygens (including phenoxy) is 1. The standard InChI is InChI=1S/C13H25F3N2O/c1-4-18(9-13(14,15)16)8-12(5-6-19-10-12)7-17-11(2)3/h11,17H,4-10H2,1-3H3. The van der Waals surface area contributed by atoms with Crippen molar-refractivity contribution in [1.82, 2.24) is 10.2 Å². The molecule has 3 nitrogen and oxygen atoms in total. The van der Waals surface area contributed by atoms with E-state index >= 15 is 0 Å². The van der Waals surface area contributed by atoms with E-state index in [4.69, 9.17) is 4.74 Å². The molecule has 0 radical (unpaired) electrons. The summed E-state index contributed by atoms with van der Waals surface area (Å²) in [5.74, 6) is 0. The van der Waals surface area contributed by atoms with Gasteiger partial charge in [0.25, 0.3) is 0 Å². The van der Waals surface area contributed by atoms with Crippen LogP contribution in [0.3, 0.4) is 0 Å². The van der Waals surface area contributed by atoms with Crippen LogP contribution in [0.1, 0.15) is 27.2 Å². The van der Waals surface area contributed by atoms with Crippen molar-refractivity contribution in [2.24, 2.45) is 5.41 Å². The van der Waals surface area contributed by atoms with Crippen LogP contribution in [0.2, 0.25) is 0 Å². The molecule has 1 rings (SSSR count). The Labute approximate surface area is 113 Å². The molecule has 1 aliphatic heterocycles. The first-order chi connectivity index (χ1) is 8.76. The molecule has 1 fully saturated rings. The van der Waals surface area contributed by atoms with Gasteiger partial charge in [0.2, 0.25) is 0 Å². The zero-order valence-corrected chi connectivity index (χ0v) is 12.0. The topological polar surface area (TPSA) is 24.5 Å². The molecule has 1 saturated heterocycles. The van der Waals surface area contributed by atoms with E-state index in [9.17, 15) is 13.2 Å². The smallest absolute Gasteiger partial charge is 0.381 e. The fourth-order valence-electron chi connectivity index (χ4n) is 2.40. The predicted octanol–water partition coefficient (Wildman–Crippen LogP) is 2.28. The third-order valence-electron chi connectivity index (χ3n) is 3.48. The molecule has 1 atom stereocenters. The Morgan fingerprint density at radius 1 is 1.37 bits per heavy atom. The maximum atomic E-state index is 12.5. The molecule has 0 bridgehead atoms. The van der Waals surface area contributed by atoms with Crippen molar-refractivity contribution in [3.63, 3.8) is 0 Å². The summed E-state index contributed by atoms with van der Waals surface area (Å²) in [5, 5.41) is 3.33. The Bertz CT molecular complexity index is 263. The summed E-state index contributed by atoms with van der Waals surface area (Å²) in [4.78, 5) is 1.47. The molecule has 6 heteroatoms. The Balaban J connectivity index is 2.60. The van der Waals surface area contributed by atoms with Crippen molar-refractivity contribution in [1.29, 1.82) is 0 Å². The molecule has 0 aromatic rings. The summed E-state index contributed by atoms with van der Waals surface area (Å²) in [6.07, 6.45) is -3.32. The molecule has 1 aliphatic rings. The monoisotopic (exact) mass is 282 g/mol. The van der Waals surface area contributed by atoms with Crippen molar-refractivity contribution < 1.29 is 17.9 Å². The lowest BCUT2D eigenvalue weighted by Gasteiger charge is -2.35. The van der Waals surface area contributed by atoms with Crippen molar-refractivity contribution >= 4 is 0 Å². The van der Waals surface area contributed by atoms with Gasteiger partial charge in [0.15, 0.2) is 0 Å². The number of alkyl halides is 3. The Kier molecular flexibility index (Phi) is 6.08. The highest BCUT2D eigenvalue weighted by Gasteiger charge is 2.39. The van der Waals surface area contributed by atoms with Crippen LogP contribution in [0.5, 0.6) is 0 Å². The minimum Gasteiger partial charge on any atom is -0.381 e. The van der Waals surface area contributed by atoms with Gasteiger partial charge in [-0.2, -0.15) is 13.2 Å². The highest BCUT2D eigenvalue weighted by atomic mass is 19.4. The van der Waals surface area contributed by atoms with Crippen molar-refractivity contribution in [2.75, 3.05) is 39.4 Å². The maximum absolute atomic E-state index is 12.5. The van der Waals surface area contributed by atoms with Gasteiger partial charge < -0.3 is 10.1 Å². The molecule has 114 valence electrons. The first-order valence-corrected chi connectivity index (χ1v) is 6.86. The van der Waals surface area contributed by atoms with E-state index in [0.717, 1.165) is 6.42 Å². The lowest BCUT2D eigenvalue weighted by Crippen LogP contribution is -2.48. The SMILES string of the molecule is CCN(CC(F)(F)F)CC1(CNC(C)C)CCOC1. The molecule has 0 aromatic carbocycles. The lowest BCUT2D eigenvalue weighted by atomic mass is 9.86. The highest BCUT2D eigenvalue weighted by molar-refractivity contribution is 4.89. The van der Waals surface area contributed by atoms with Crippen LogP contribution in [0, 0.1) is 5.41 Å². The van der Waals surface area contributed by atoms with Crippen LogP contribution in [0.4, 0.5) is 13.2 Å². The van der Waals surface area contributed by atoms with Gasteiger partial charge in [-0.25, -0.2) is 0 Å². The number of nitrogens with one attached hydrogen (secondary N) is 1. The van der Waals surface area contributed by atoms with Crippen molar-refractivity contribution in [3.8, 4) is 0 Å². The summed E-state index contributed by atoms with van der Waals surface area (Å²) in [6.45, 7) is 7.74. The van der Waals surface area contributed by atoms with Crippen LogP contribution in [-0.4, -0.2) is 56.5 Å². The summed E-state index contributed by atoms with van der Waals surface area (Å²) >= 11 is 0. The number of rotatable bonds is 7. The number of halogens is 3. The van der Waals surface area contributed by atoms with Gasteiger partial charge in [0.05, 0.1) is 13.2 Å². The third kappa shape index (κ3) is 6.10. The van der Waals surface area contributed by atoms with Crippen LogP contribution in [0.15, 0.2) is 0 Å². The van der Waals surface area contributed by atoms with Crippen LogP contribution >= 0.6 is 0 Å². The number of nitrogens with zero attached hydrogens (tertiary/aromatic N) is 1. The molecule has 0 amide bonds. The van der Waals surface area contributed by atoms with E-state index in [2.05, 4.69) is 5.32 Å². The normalized spacial score (nSPS) is 24.6. The maximum Gasteiger partial charge on any atom is 0.401 e. The average Bonchev–Trinajstić information content (AvgIpc) is 2.73. The molecule has 1 unspecified atom stereocenters. The van der Waals surface area contributed by atoms with Crippen molar-refractivity contribution in [2.45, 2.75) is 39.4 Å². The molecule has 0 aliphatic carbocycles. The van der Waals surface area contributed by atoms with Gasteiger partial charge in [0.1, 0.15) is 0 Å². The van der Waals surface area contributed by atoms with E-state index < -0.39 is 12.7 Å². The molecular formula is C13H25F3N2O. The quantitative estimate of drug-likeness (QED) is 0.775. The summed E-state index contributed by atoms with van der Waals surface area (Å²) in [7, 11) is 0. The largest absolute Gasteiger partial charge is 0.401 e. The van der Waals surface area contributed by atoms with E-state index in [-0.39, 0.29) is 5.41 Å². The first kappa shape index (κ1) is 16.7. The Morgan fingerprint density at radius 2 is 2.05 bits per heavy atom. The minimum atomic E-state index is -4.14. The molecule has 0 aromatic heterocycles. The summed E-state index contributed by atoms with van der Waals surface area (Å²) in [5.41, 5.74) is -0.189. The molecule has 0 spiro atoms. The van der Waals surface area contributed by atoms with E-state index in [1.165, 1.54) is 4.90 Å². The van der Waals surface area contributed by atoms with Crippen LogP contribution < -0.4 is 5.32 Å². The van der Waals surface area contributed by atoms with Crippen LogP contribution in [-0.2, 0) is 4.74 Å². The zero-order valence-electron chi connectivity index (χ0n) is 12.0. The van der Waals surface area contributed by atoms with Crippen LogP contribution in [0.25, 0.3) is 0 Å². The second-order valence-corrected chi connectivity index (χ2v) is 5.76.